The third kappa shape index (κ3) is 3.90. The Kier molecular flexibility index (Phi) is 5.30. The van der Waals surface area contributed by atoms with Crippen LogP contribution in [0.1, 0.15) is 18.9 Å². The number of nitrogens with two attached hydrogens (primary N) is 1. The largest absolute Gasteiger partial charge is 0.494 e. The molecule has 0 bridgehead atoms. The molecule has 20 heavy (non-hydrogen) atoms. The van der Waals surface area contributed by atoms with Gasteiger partial charge in [-0.2, -0.15) is 0 Å². The Balaban J connectivity index is 1.95. The van der Waals surface area contributed by atoms with E-state index in [0.29, 0.717) is 6.61 Å². The standard InChI is InChI=1S/C16H18BrNO2/c1-2-10-19-13-6-8-14(9-7-13)20-11-12-4-3-5-15(18)16(12)17/h3-9H,2,10-11,18H2,1H3. The Labute approximate surface area is 127 Å². The lowest BCUT2D eigenvalue weighted by molar-refractivity contribution is 0.301. The lowest BCUT2D eigenvalue weighted by Crippen LogP contribution is -1.99. The SMILES string of the molecule is CCCOc1ccc(OCc2cccc(N)c2Br)cc1. The van der Waals surface area contributed by atoms with Crippen molar-refractivity contribution in [2.45, 2.75) is 20.0 Å². The second-order valence-corrected chi connectivity index (χ2v) is 5.22. The summed E-state index contributed by atoms with van der Waals surface area (Å²) in [5, 5.41) is 0. The van der Waals surface area contributed by atoms with E-state index in [1.165, 1.54) is 0 Å². The van der Waals surface area contributed by atoms with Gasteiger partial charge < -0.3 is 15.2 Å². The lowest BCUT2D eigenvalue weighted by Gasteiger charge is -2.10. The minimum atomic E-state index is 0.473. The van der Waals surface area contributed by atoms with Gasteiger partial charge in [0.05, 0.1) is 6.61 Å². The van der Waals surface area contributed by atoms with Crippen LogP contribution in [0.5, 0.6) is 11.5 Å². The summed E-state index contributed by atoms with van der Waals surface area (Å²) in [7, 11) is 0. The van der Waals surface area contributed by atoms with Crippen molar-refractivity contribution in [3.05, 3.63) is 52.5 Å². The molecule has 0 unspecified atom stereocenters. The number of halogens is 1. The first-order chi connectivity index (χ1) is 9.70. The Morgan fingerprint density at radius 3 is 2.30 bits per heavy atom. The number of anilines is 1. The number of hydrogen-bond donors (Lipinski definition) is 1. The summed E-state index contributed by atoms with van der Waals surface area (Å²) in [6.45, 7) is 3.29. The summed E-state index contributed by atoms with van der Waals surface area (Å²) in [6.07, 6.45) is 1.00. The van der Waals surface area contributed by atoms with Gasteiger partial charge in [0.15, 0.2) is 0 Å². The molecule has 0 saturated heterocycles. The number of nitrogen functional groups attached to an aromatic ring is 1. The van der Waals surface area contributed by atoms with Gasteiger partial charge >= 0.3 is 0 Å². The van der Waals surface area contributed by atoms with Gasteiger partial charge in [-0.05, 0) is 52.7 Å². The van der Waals surface area contributed by atoms with Crippen molar-refractivity contribution < 1.29 is 9.47 Å². The second-order valence-electron chi connectivity index (χ2n) is 4.43. The minimum absolute atomic E-state index is 0.473. The van der Waals surface area contributed by atoms with Gasteiger partial charge in [-0.15, -0.1) is 0 Å². The fourth-order valence-corrected chi connectivity index (χ4v) is 2.10. The van der Waals surface area contributed by atoms with Crippen molar-refractivity contribution in [1.82, 2.24) is 0 Å². The normalized spacial score (nSPS) is 10.3. The molecule has 106 valence electrons. The van der Waals surface area contributed by atoms with Crippen molar-refractivity contribution >= 4 is 21.6 Å². The average Bonchev–Trinajstić information content (AvgIpc) is 2.48. The van der Waals surface area contributed by atoms with Crippen molar-refractivity contribution in [3.8, 4) is 11.5 Å². The van der Waals surface area contributed by atoms with Crippen LogP contribution >= 0.6 is 15.9 Å². The van der Waals surface area contributed by atoms with E-state index in [1.54, 1.807) is 0 Å². The van der Waals surface area contributed by atoms with Crippen LogP contribution in [0.2, 0.25) is 0 Å². The highest BCUT2D eigenvalue weighted by Crippen LogP contribution is 2.25. The van der Waals surface area contributed by atoms with E-state index in [-0.39, 0.29) is 0 Å². The molecule has 2 rings (SSSR count). The first-order valence-electron chi connectivity index (χ1n) is 6.59. The van der Waals surface area contributed by atoms with Gasteiger partial charge in [-0.25, -0.2) is 0 Å². The van der Waals surface area contributed by atoms with E-state index >= 15 is 0 Å². The Bertz CT molecular complexity index is 555. The van der Waals surface area contributed by atoms with Crippen LogP contribution < -0.4 is 15.2 Å². The summed E-state index contributed by atoms with van der Waals surface area (Å²) in [5.74, 6) is 1.67. The van der Waals surface area contributed by atoms with Gasteiger partial charge in [-0.1, -0.05) is 19.1 Å². The van der Waals surface area contributed by atoms with E-state index in [2.05, 4.69) is 22.9 Å². The van der Waals surface area contributed by atoms with Crippen LogP contribution in [-0.2, 0) is 6.61 Å². The molecule has 0 aromatic heterocycles. The zero-order valence-corrected chi connectivity index (χ0v) is 13.0. The predicted molar refractivity (Wildman–Crippen MR) is 85.1 cm³/mol. The molecule has 0 spiro atoms. The summed E-state index contributed by atoms with van der Waals surface area (Å²) >= 11 is 3.47. The first-order valence-corrected chi connectivity index (χ1v) is 7.38. The lowest BCUT2D eigenvalue weighted by atomic mass is 10.2. The molecule has 0 fully saturated rings. The highest BCUT2D eigenvalue weighted by atomic mass is 79.9. The van der Waals surface area contributed by atoms with Crippen molar-refractivity contribution in [2.24, 2.45) is 0 Å². The van der Waals surface area contributed by atoms with Gasteiger partial charge in [0, 0.05) is 15.7 Å². The van der Waals surface area contributed by atoms with E-state index in [0.717, 1.165) is 40.3 Å². The maximum absolute atomic E-state index is 5.84. The Hall–Kier alpha value is -1.68. The summed E-state index contributed by atoms with van der Waals surface area (Å²) in [5.41, 5.74) is 7.58. The van der Waals surface area contributed by atoms with Gasteiger partial charge in [-0.3, -0.25) is 0 Å². The maximum Gasteiger partial charge on any atom is 0.120 e. The number of ether oxygens (including phenoxy) is 2. The fraction of sp³-hybridized carbons (Fsp3) is 0.250. The number of rotatable bonds is 6. The predicted octanol–water partition coefficient (Wildman–Crippen LogP) is 4.40. The third-order valence-electron chi connectivity index (χ3n) is 2.80. The smallest absolute Gasteiger partial charge is 0.120 e. The highest BCUT2D eigenvalue weighted by molar-refractivity contribution is 9.10. The monoisotopic (exact) mass is 335 g/mol. The summed E-state index contributed by atoms with van der Waals surface area (Å²) < 4.78 is 12.2. The Morgan fingerprint density at radius 1 is 1.00 bits per heavy atom. The van der Waals surface area contributed by atoms with Gasteiger partial charge in [0.1, 0.15) is 18.1 Å². The molecule has 4 heteroatoms. The molecule has 0 aliphatic heterocycles. The topological polar surface area (TPSA) is 44.5 Å². The van der Waals surface area contributed by atoms with E-state index in [4.69, 9.17) is 15.2 Å². The van der Waals surface area contributed by atoms with E-state index < -0.39 is 0 Å². The quantitative estimate of drug-likeness (QED) is 0.795. The van der Waals surface area contributed by atoms with Crippen LogP contribution in [-0.4, -0.2) is 6.61 Å². The first kappa shape index (κ1) is 14.7. The molecule has 0 saturated carbocycles. The maximum atomic E-state index is 5.84. The molecule has 0 atom stereocenters. The molecule has 2 aromatic carbocycles. The molecule has 2 aromatic rings. The summed E-state index contributed by atoms with van der Waals surface area (Å²) in [4.78, 5) is 0. The number of hydrogen-bond acceptors (Lipinski definition) is 3. The minimum Gasteiger partial charge on any atom is -0.494 e. The molecular formula is C16H18BrNO2. The van der Waals surface area contributed by atoms with Crippen LogP contribution in [0, 0.1) is 0 Å². The van der Waals surface area contributed by atoms with Crippen LogP contribution in [0.15, 0.2) is 46.9 Å². The van der Waals surface area contributed by atoms with Crippen molar-refractivity contribution in [1.29, 1.82) is 0 Å². The molecule has 3 nitrogen and oxygen atoms in total. The van der Waals surface area contributed by atoms with Gasteiger partial charge in [0.25, 0.3) is 0 Å². The van der Waals surface area contributed by atoms with E-state index in [9.17, 15) is 0 Å². The fourth-order valence-electron chi connectivity index (χ4n) is 1.72. The molecular weight excluding hydrogens is 318 g/mol. The van der Waals surface area contributed by atoms with Crippen LogP contribution in [0.3, 0.4) is 0 Å². The number of benzene rings is 2. The van der Waals surface area contributed by atoms with Gasteiger partial charge in [0.2, 0.25) is 0 Å². The summed E-state index contributed by atoms with van der Waals surface area (Å²) in [6, 6.07) is 13.4. The van der Waals surface area contributed by atoms with Crippen molar-refractivity contribution in [2.75, 3.05) is 12.3 Å². The zero-order chi connectivity index (χ0) is 14.4. The molecule has 0 amide bonds. The molecule has 0 aliphatic carbocycles. The average molecular weight is 336 g/mol. The molecule has 0 heterocycles. The van der Waals surface area contributed by atoms with E-state index in [1.807, 2.05) is 42.5 Å². The third-order valence-corrected chi connectivity index (χ3v) is 3.77. The van der Waals surface area contributed by atoms with Crippen LogP contribution in [0.4, 0.5) is 5.69 Å². The molecule has 0 radical (unpaired) electrons. The Morgan fingerprint density at radius 2 is 1.65 bits per heavy atom. The van der Waals surface area contributed by atoms with Crippen LogP contribution in [0.25, 0.3) is 0 Å². The second kappa shape index (κ2) is 7.20. The van der Waals surface area contributed by atoms with Crippen molar-refractivity contribution in [3.63, 3.8) is 0 Å². The molecule has 2 N–H and O–H groups in total. The zero-order valence-electron chi connectivity index (χ0n) is 11.4. The highest BCUT2D eigenvalue weighted by Gasteiger charge is 2.04. The molecule has 0 aliphatic rings.